The molecule has 2 heterocycles. The third-order valence-electron chi connectivity index (χ3n) is 4.95. The van der Waals surface area contributed by atoms with E-state index in [1.54, 1.807) is 37.5 Å². The molecule has 0 saturated carbocycles. The van der Waals surface area contributed by atoms with Gasteiger partial charge in [-0.2, -0.15) is 0 Å². The molecule has 0 bridgehead atoms. The molecule has 3 aromatic rings. The Bertz CT molecular complexity index is 1180. The molecule has 0 radical (unpaired) electrons. The zero-order valence-electron chi connectivity index (χ0n) is 16.9. The SMILES string of the molecule is [C-]#[N+]CCN(C)C(=O)c1ccc(Nc2ncc3c(n2)-c2ccccc2NC(=O)C3)cc1. The predicted octanol–water partition coefficient (Wildman–Crippen LogP) is 3.37. The zero-order chi connectivity index (χ0) is 21.8. The van der Waals surface area contributed by atoms with Crippen molar-refractivity contribution in [2.24, 2.45) is 0 Å². The number of para-hydroxylation sites is 1. The normalized spacial score (nSPS) is 11.9. The quantitative estimate of drug-likeness (QED) is 0.627. The van der Waals surface area contributed by atoms with E-state index in [9.17, 15) is 9.59 Å². The Balaban J connectivity index is 1.55. The first-order chi connectivity index (χ1) is 15.0. The molecule has 0 unspecified atom stereocenters. The highest BCUT2D eigenvalue weighted by Crippen LogP contribution is 2.32. The Morgan fingerprint density at radius 3 is 2.77 bits per heavy atom. The summed E-state index contributed by atoms with van der Waals surface area (Å²) in [5, 5.41) is 6.05. The number of hydrogen-bond donors (Lipinski definition) is 2. The smallest absolute Gasteiger partial charge is 0.253 e. The highest BCUT2D eigenvalue weighted by atomic mass is 16.2. The second-order valence-corrected chi connectivity index (χ2v) is 7.15. The Labute approximate surface area is 179 Å². The molecular weight excluding hydrogens is 392 g/mol. The molecule has 31 heavy (non-hydrogen) atoms. The van der Waals surface area contributed by atoms with E-state index in [1.165, 1.54) is 4.90 Å². The molecule has 1 aliphatic heterocycles. The molecular formula is C23H20N6O2. The van der Waals surface area contributed by atoms with Crippen molar-refractivity contribution >= 4 is 29.1 Å². The van der Waals surface area contributed by atoms with Crippen molar-refractivity contribution in [3.8, 4) is 11.3 Å². The summed E-state index contributed by atoms with van der Waals surface area (Å²) in [5.74, 6) is 0.165. The number of carbonyl (C=O) groups is 2. The van der Waals surface area contributed by atoms with Crippen LogP contribution in [0.25, 0.3) is 16.1 Å². The summed E-state index contributed by atoms with van der Waals surface area (Å²) in [5.41, 5.74) is 4.31. The van der Waals surface area contributed by atoms with Gasteiger partial charge in [-0.15, -0.1) is 0 Å². The van der Waals surface area contributed by atoms with E-state index in [0.717, 1.165) is 22.5 Å². The van der Waals surface area contributed by atoms with Crippen LogP contribution in [-0.2, 0) is 11.2 Å². The van der Waals surface area contributed by atoms with Crippen LogP contribution in [0.3, 0.4) is 0 Å². The minimum Gasteiger partial charge on any atom is -0.334 e. The highest BCUT2D eigenvalue weighted by Gasteiger charge is 2.20. The summed E-state index contributed by atoms with van der Waals surface area (Å²) in [6.07, 6.45) is 1.87. The van der Waals surface area contributed by atoms with Gasteiger partial charge in [-0.25, -0.2) is 16.5 Å². The molecule has 2 amide bonds. The molecule has 2 N–H and O–H groups in total. The number of aromatic nitrogens is 2. The fraction of sp³-hybridized carbons (Fsp3) is 0.174. The number of benzene rings is 2. The molecule has 0 aliphatic carbocycles. The van der Waals surface area contributed by atoms with E-state index in [0.29, 0.717) is 23.8 Å². The molecule has 1 aliphatic rings. The lowest BCUT2D eigenvalue weighted by Gasteiger charge is -2.14. The van der Waals surface area contributed by atoms with E-state index in [-0.39, 0.29) is 24.8 Å². The van der Waals surface area contributed by atoms with Gasteiger partial charge in [0.25, 0.3) is 5.91 Å². The number of rotatable bonds is 5. The summed E-state index contributed by atoms with van der Waals surface area (Å²) >= 11 is 0. The first-order valence-corrected chi connectivity index (χ1v) is 9.76. The third-order valence-corrected chi connectivity index (χ3v) is 4.95. The molecule has 154 valence electrons. The summed E-state index contributed by atoms with van der Waals surface area (Å²) in [4.78, 5) is 38.4. The van der Waals surface area contributed by atoms with E-state index >= 15 is 0 Å². The average molecular weight is 412 g/mol. The average Bonchev–Trinajstić information content (AvgIpc) is 2.92. The summed E-state index contributed by atoms with van der Waals surface area (Å²) < 4.78 is 0. The summed E-state index contributed by atoms with van der Waals surface area (Å²) in [6.45, 7) is 7.52. The van der Waals surface area contributed by atoms with Crippen molar-refractivity contribution in [3.05, 3.63) is 77.3 Å². The number of likely N-dealkylation sites (N-methyl/N-ethyl adjacent to an activating group) is 1. The number of carbonyl (C=O) groups excluding carboxylic acids is 2. The lowest BCUT2D eigenvalue weighted by Crippen LogP contribution is -2.28. The van der Waals surface area contributed by atoms with Crippen LogP contribution >= 0.6 is 0 Å². The Morgan fingerprint density at radius 1 is 1.23 bits per heavy atom. The van der Waals surface area contributed by atoms with Gasteiger partial charge in [-0.05, 0) is 30.3 Å². The number of nitrogens with one attached hydrogen (secondary N) is 2. The van der Waals surface area contributed by atoms with Gasteiger partial charge in [-0.3, -0.25) is 9.59 Å². The van der Waals surface area contributed by atoms with Crippen LogP contribution in [0.5, 0.6) is 0 Å². The summed E-state index contributed by atoms with van der Waals surface area (Å²) in [6, 6.07) is 14.5. The topological polar surface area (TPSA) is 91.6 Å². The van der Waals surface area contributed by atoms with Crippen LogP contribution in [0.15, 0.2) is 54.7 Å². The maximum absolute atomic E-state index is 12.4. The first-order valence-electron chi connectivity index (χ1n) is 9.76. The number of nitrogens with zero attached hydrogens (tertiary/aromatic N) is 4. The first kappa shape index (κ1) is 20.0. The van der Waals surface area contributed by atoms with Crippen molar-refractivity contribution in [2.45, 2.75) is 6.42 Å². The minimum atomic E-state index is -0.134. The molecule has 8 nitrogen and oxygen atoms in total. The number of anilines is 3. The van der Waals surface area contributed by atoms with Crippen molar-refractivity contribution in [2.75, 3.05) is 30.8 Å². The zero-order valence-corrected chi connectivity index (χ0v) is 16.9. The molecule has 0 atom stereocenters. The number of hydrogen-bond acceptors (Lipinski definition) is 5. The van der Waals surface area contributed by atoms with Gasteiger partial charge in [0.1, 0.15) is 0 Å². The van der Waals surface area contributed by atoms with Gasteiger partial charge in [0.05, 0.1) is 24.3 Å². The molecule has 4 rings (SSSR count). The van der Waals surface area contributed by atoms with Gasteiger partial charge in [0.2, 0.25) is 18.4 Å². The van der Waals surface area contributed by atoms with Gasteiger partial charge >= 0.3 is 0 Å². The Kier molecular flexibility index (Phi) is 5.58. The van der Waals surface area contributed by atoms with Crippen molar-refractivity contribution < 1.29 is 9.59 Å². The lowest BCUT2D eigenvalue weighted by atomic mass is 10.1. The second kappa shape index (κ2) is 8.63. The number of fused-ring (bicyclic) bond motifs is 3. The van der Waals surface area contributed by atoms with E-state index < -0.39 is 0 Å². The predicted molar refractivity (Wildman–Crippen MR) is 118 cm³/mol. The van der Waals surface area contributed by atoms with Crippen molar-refractivity contribution in [1.82, 2.24) is 14.9 Å². The molecule has 0 fully saturated rings. The van der Waals surface area contributed by atoms with Crippen molar-refractivity contribution in [1.29, 1.82) is 0 Å². The standard InChI is InChI=1S/C23H20N6O2/c1-24-11-12-29(2)22(31)15-7-9-17(10-8-15)26-23-25-14-16-13-20(30)27-19-6-4-3-5-18(19)21(16)28-23/h3-10,14H,11-13H2,2H3,(H,27,30)(H,25,26,28). The van der Waals surface area contributed by atoms with Gasteiger partial charge in [0, 0.05) is 35.6 Å². The minimum absolute atomic E-state index is 0.0999. The van der Waals surface area contributed by atoms with E-state index in [4.69, 9.17) is 6.57 Å². The second-order valence-electron chi connectivity index (χ2n) is 7.15. The lowest BCUT2D eigenvalue weighted by molar-refractivity contribution is -0.115. The third kappa shape index (κ3) is 4.36. The molecule has 2 aromatic carbocycles. The molecule has 0 saturated heterocycles. The maximum Gasteiger partial charge on any atom is 0.253 e. The number of amides is 2. The monoisotopic (exact) mass is 412 g/mol. The molecule has 1 aromatic heterocycles. The van der Waals surface area contributed by atoms with Crippen molar-refractivity contribution in [3.63, 3.8) is 0 Å². The van der Waals surface area contributed by atoms with Crippen LogP contribution in [-0.4, -0.2) is 46.8 Å². The Hall–Kier alpha value is -4.25. The maximum atomic E-state index is 12.4. The van der Waals surface area contributed by atoms with Gasteiger partial charge in [0.15, 0.2) is 0 Å². The van der Waals surface area contributed by atoms with Crippen LogP contribution in [0.2, 0.25) is 0 Å². The fourth-order valence-corrected chi connectivity index (χ4v) is 3.34. The van der Waals surface area contributed by atoms with E-state index in [2.05, 4.69) is 25.4 Å². The highest BCUT2D eigenvalue weighted by molar-refractivity contribution is 6.00. The van der Waals surface area contributed by atoms with Crippen LogP contribution in [0.4, 0.5) is 17.3 Å². The Morgan fingerprint density at radius 2 is 2.00 bits per heavy atom. The molecule has 8 heteroatoms. The molecule has 0 spiro atoms. The van der Waals surface area contributed by atoms with Crippen LogP contribution in [0, 0.1) is 6.57 Å². The largest absolute Gasteiger partial charge is 0.334 e. The van der Waals surface area contributed by atoms with Crippen LogP contribution < -0.4 is 10.6 Å². The van der Waals surface area contributed by atoms with E-state index in [1.807, 2.05) is 24.3 Å². The fourth-order valence-electron chi connectivity index (χ4n) is 3.34. The van der Waals surface area contributed by atoms with Gasteiger partial charge < -0.3 is 20.4 Å². The van der Waals surface area contributed by atoms with Gasteiger partial charge in [-0.1, -0.05) is 18.2 Å². The summed E-state index contributed by atoms with van der Waals surface area (Å²) in [7, 11) is 1.68. The van der Waals surface area contributed by atoms with Crippen LogP contribution in [0.1, 0.15) is 15.9 Å².